The molecule has 0 bridgehead atoms. The Morgan fingerprint density at radius 1 is 1.19 bits per heavy atom. The summed E-state index contributed by atoms with van der Waals surface area (Å²) in [4.78, 5) is 12.6. The molecule has 0 aliphatic heterocycles. The standard InChI is InChI=1S/C21H18F4N4OS/c1-3-12-29-18(14-8-4-6-10-16(14)22)27-28-20(29)31-13(2)19(30)26-17-11-7-5-9-15(17)21(23,24)25/h3-11,13H,1,12H2,2H3,(H,26,30). The van der Waals surface area contributed by atoms with Gasteiger partial charge in [0.2, 0.25) is 5.91 Å². The van der Waals surface area contributed by atoms with Gasteiger partial charge in [0, 0.05) is 6.54 Å². The quantitative estimate of drug-likeness (QED) is 0.297. The number of hydrogen-bond donors (Lipinski definition) is 1. The summed E-state index contributed by atoms with van der Waals surface area (Å²) in [6.45, 7) is 5.46. The number of amides is 1. The predicted molar refractivity (Wildman–Crippen MR) is 111 cm³/mol. The molecule has 162 valence electrons. The van der Waals surface area contributed by atoms with Gasteiger partial charge in [0.05, 0.1) is 22.1 Å². The van der Waals surface area contributed by atoms with Gasteiger partial charge in [0.15, 0.2) is 11.0 Å². The largest absolute Gasteiger partial charge is 0.418 e. The van der Waals surface area contributed by atoms with Gasteiger partial charge in [0.25, 0.3) is 0 Å². The molecule has 1 heterocycles. The second kappa shape index (κ2) is 9.34. The van der Waals surface area contributed by atoms with E-state index < -0.39 is 28.7 Å². The lowest BCUT2D eigenvalue weighted by Crippen LogP contribution is -2.24. The number of para-hydroxylation sites is 1. The number of allylic oxidation sites excluding steroid dienone is 1. The summed E-state index contributed by atoms with van der Waals surface area (Å²) in [6, 6.07) is 10.8. The molecule has 1 N–H and O–H groups in total. The Morgan fingerprint density at radius 3 is 2.55 bits per heavy atom. The highest BCUT2D eigenvalue weighted by atomic mass is 32.2. The maximum Gasteiger partial charge on any atom is 0.418 e. The van der Waals surface area contributed by atoms with Crippen molar-refractivity contribution >= 4 is 23.4 Å². The van der Waals surface area contributed by atoms with Gasteiger partial charge in [-0.1, -0.05) is 42.1 Å². The number of halogens is 4. The molecule has 2 aromatic carbocycles. The van der Waals surface area contributed by atoms with Crippen LogP contribution in [0.25, 0.3) is 11.4 Å². The van der Waals surface area contributed by atoms with Crippen molar-refractivity contribution < 1.29 is 22.4 Å². The highest BCUT2D eigenvalue weighted by Gasteiger charge is 2.34. The average Bonchev–Trinajstić information content (AvgIpc) is 3.10. The van der Waals surface area contributed by atoms with Crippen molar-refractivity contribution in [3.8, 4) is 11.4 Å². The van der Waals surface area contributed by atoms with Crippen molar-refractivity contribution in [3.05, 3.63) is 72.6 Å². The summed E-state index contributed by atoms with van der Waals surface area (Å²) < 4.78 is 55.3. The Kier molecular flexibility index (Phi) is 6.79. The number of aromatic nitrogens is 3. The van der Waals surface area contributed by atoms with Crippen molar-refractivity contribution in [2.24, 2.45) is 0 Å². The third-order valence-electron chi connectivity index (χ3n) is 4.29. The number of hydrogen-bond acceptors (Lipinski definition) is 4. The first-order chi connectivity index (χ1) is 14.7. The lowest BCUT2D eigenvalue weighted by Gasteiger charge is -2.16. The zero-order valence-electron chi connectivity index (χ0n) is 16.4. The molecule has 31 heavy (non-hydrogen) atoms. The molecule has 10 heteroatoms. The fourth-order valence-corrected chi connectivity index (χ4v) is 3.66. The fourth-order valence-electron chi connectivity index (χ4n) is 2.80. The Morgan fingerprint density at radius 2 is 1.87 bits per heavy atom. The molecule has 0 saturated heterocycles. The number of thioether (sulfide) groups is 1. The number of alkyl halides is 3. The molecule has 0 fully saturated rings. The van der Waals surface area contributed by atoms with Crippen LogP contribution in [0.1, 0.15) is 12.5 Å². The first kappa shape index (κ1) is 22.5. The SMILES string of the molecule is C=CCn1c(SC(C)C(=O)Nc2ccccc2C(F)(F)F)nnc1-c1ccccc1F. The molecule has 1 atom stereocenters. The molecule has 5 nitrogen and oxygen atoms in total. The van der Waals surface area contributed by atoms with Crippen LogP contribution in [0, 0.1) is 5.82 Å². The Balaban J connectivity index is 1.83. The normalized spacial score (nSPS) is 12.4. The number of carbonyl (C=O) groups excluding carboxylic acids is 1. The van der Waals surface area contributed by atoms with E-state index in [4.69, 9.17) is 0 Å². The molecular formula is C21H18F4N4OS. The highest BCUT2D eigenvalue weighted by molar-refractivity contribution is 8.00. The molecule has 0 aliphatic carbocycles. The zero-order valence-corrected chi connectivity index (χ0v) is 17.2. The molecule has 0 radical (unpaired) electrons. The maximum absolute atomic E-state index is 14.2. The average molecular weight is 450 g/mol. The molecule has 3 aromatic rings. The summed E-state index contributed by atoms with van der Waals surface area (Å²) in [5, 5.41) is 9.90. The van der Waals surface area contributed by atoms with E-state index in [0.29, 0.717) is 5.16 Å². The van der Waals surface area contributed by atoms with Gasteiger partial charge in [-0.25, -0.2) is 4.39 Å². The first-order valence-electron chi connectivity index (χ1n) is 9.15. The molecule has 0 spiro atoms. The van der Waals surface area contributed by atoms with E-state index >= 15 is 0 Å². The smallest absolute Gasteiger partial charge is 0.325 e. The van der Waals surface area contributed by atoms with Crippen LogP contribution in [0.5, 0.6) is 0 Å². The molecule has 1 amide bonds. The van der Waals surface area contributed by atoms with Gasteiger partial charge >= 0.3 is 6.18 Å². The van der Waals surface area contributed by atoms with Crippen molar-refractivity contribution in [2.75, 3.05) is 5.32 Å². The van der Waals surface area contributed by atoms with Gasteiger partial charge in [-0.05, 0) is 31.2 Å². The van der Waals surface area contributed by atoms with E-state index in [0.717, 1.165) is 17.8 Å². The third kappa shape index (κ3) is 5.13. The van der Waals surface area contributed by atoms with Crippen molar-refractivity contribution in [3.63, 3.8) is 0 Å². The van der Waals surface area contributed by atoms with Gasteiger partial charge in [-0.2, -0.15) is 13.2 Å². The lowest BCUT2D eigenvalue weighted by molar-refractivity contribution is -0.137. The first-order valence-corrected chi connectivity index (χ1v) is 10.0. The Bertz CT molecular complexity index is 1100. The number of carbonyl (C=O) groups is 1. The summed E-state index contributed by atoms with van der Waals surface area (Å²) in [7, 11) is 0. The number of benzene rings is 2. The summed E-state index contributed by atoms with van der Waals surface area (Å²) >= 11 is 0.998. The van der Waals surface area contributed by atoms with Crippen molar-refractivity contribution in [2.45, 2.75) is 30.1 Å². The van der Waals surface area contributed by atoms with Gasteiger partial charge in [-0.15, -0.1) is 16.8 Å². The molecule has 1 aromatic heterocycles. The van der Waals surface area contributed by atoms with E-state index in [2.05, 4.69) is 22.1 Å². The van der Waals surface area contributed by atoms with Crippen LogP contribution in [0.4, 0.5) is 23.2 Å². The van der Waals surface area contributed by atoms with Gasteiger partial charge < -0.3 is 5.32 Å². The predicted octanol–water partition coefficient (Wildman–Crippen LogP) is 5.41. The summed E-state index contributed by atoms with van der Waals surface area (Å²) in [6.07, 6.45) is -3.03. The topological polar surface area (TPSA) is 59.8 Å². The highest BCUT2D eigenvalue weighted by Crippen LogP contribution is 2.35. The molecular weight excluding hydrogens is 432 g/mol. The minimum Gasteiger partial charge on any atom is -0.325 e. The second-order valence-electron chi connectivity index (χ2n) is 6.48. The van der Waals surface area contributed by atoms with E-state index in [1.54, 1.807) is 28.8 Å². The van der Waals surface area contributed by atoms with E-state index in [1.807, 2.05) is 0 Å². The lowest BCUT2D eigenvalue weighted by atomic mass is 10.1. The number of anilines is 1. The van der Waals surface area contributed by atoms with Gasteiger partial charge in [-0.3, -0.25) is 9.36 Å². The van der Waals surface area contributed by atoms with E-state index in [1.165, 1.54) is 31.2 Å². The maximum atomic E-state index is 14.2. The summed E-state index contributed by atoms with van der Waals surface area (Å²) in [5.74, 6) is -0.857. The van der Waals surface area contributed by atoms with Crippen LogP contribution < -0.4 is 5.32 Å². The number of nitrogens with one attached hydrogen (secondary N) is 1. The monoisotopic (exact) mass is 450 g/mol. The molecule has 0 saturated carbocycles. The zero-order chi connectivity index (χ0) is 22.6. The third-order valence-corrected chi connectivity index (χ3v) is 5.37. The number of nitrogens with zero attached hydrogens (tertiary/aromatic N) is 3. The molecule has 3 rings (SSSR count). The molecule has 1 unspecified atom stereocenters. The second-order valence-corrected chi connectivity index (χ2v) is 7.79. The number of rotatable bonds is 7. The minimum absolute atomic E-state index is 0.236. The fraction of sp³-hybridized carbons (Fsp3) is 0.190. The van der Waals surface area contributed by atoms with Crippen LogP contribution >= 0.6 is 11.8 Å². The van der Waals surface area contributed by atoms with Crippen LogP contribution in [0.3, 0.4) is 0 Å². The van der Waals surface area contributed by atoms with Crippen LogP contribution in [0.2, 0.25) is 0 Å². The van der Waals surface area contributed by atoms with Crippen molar-refractivity contribution in [1.29, 1.82) is 0 Å². The van der Waals surface area contributed by atoms with Crippen molar-refractivity contribution in [1.82, 2.24) is 14.8 Å². The van der Waals surface area contributed by atoms with Crippen LogP contribution in [0.15, 0.2) is 66.3 Å². The minimum atomic E-state index is -4.60. The van der Waals surface area contributed by atoms with E-state index in [-0.39, 0.29) is 23.6 Å². The van der Waals surface area contributed by atoms with E-state index in [9.17, 15) is 22.4 Å². The van der Waals surface area contributed by atoms with Crippen LogP contribution in [-0.4, -0.2) is 25.9 Å². The molecule has 0 aliphatic rings. The summed E-state index contributed by atoms with van der Waals surface area (Å²) in [5.41, 5.74) is -1.02. The Hall–Kier alpha value is -3.14. The van der Waals surface area contributed by atoms with Gasteiger partial charge in [0.1, 0.15) is 5.82 Å². The van der Waals surface area contributed by atoms with Crippen LogP contribution in [-0.2, 0) is 17.5 Å². The Labute approximate surface area is 180 Å².